The van der Waals surface area contributed by atoms with Crippen LogP contribution in [0, 0.1) is 11.3 Å². The summed E-state index contributed by atoms with van der Waals surface area (Å²) in [5.74, 6) is -0.204. The Hall–Kier alpha value is -1.86. The van der Waals surface area contributed by atoms with Crippen molar-refractivity contribution in [3.8, 4) is 6.07 Å². The van der Waals surface area contributed by atoms with E-state index in [1.807, 2.05) is 6.07 Å². The highest BCUT2D eigenvalue weighted by molar-refractivity contribution is 5.92. The molecule has 1 aliphatic rings. The van der Waals surface area contributed by atoms with Crippen molar-refractivity contribution < 1.29 is 9.53 Å². The Morgan fingerprint density at radius 2 is 2.11 bits per heavy atom. The Labute approximate surface area is 107 Å². The average molecular weight is 244 g/mol. The smallest absolute Gasteiger partial charge is 0.250 e. The molecule has 1 amide bonds. The zero-order chi connectivity index (χ0) is 12.8. The van der Waals surface area contributed by atoms with E-state index in [0.717, 1.165) is 12.8 Å². The Morgan fingerprint density at radius 1 is 1.39 bits per heavy atom. The largest absolute Gasteiger partial charge is 0.368 e. The molecule has 0 spiro atoms. The third kappa shape index (κ3) is 3.31. The molecule has 0 atom stereocenters. The van der Waals surface area contributed by atoms with Crippen LogP contribution in [0.4, 0.5) is 5.69 Å². The van der Waals surface area contributed by atoms with Gasteiger partial charge in [0.2, 0.25) is 5.91 Å². The molecule has 0 radical (unpaired) electrons. The zero-order valence-electron chi connectivity index (χ0n) is 10.2. The van der Waals surface area contributed by atoms with Gasteiger partial charge < -0.3 is 10.1 Å². The van der Waals surface area contributed by atoms with E-state index in [1.54, 1.807) is 24.3 Å². The molecular weight excluding hydrogens is 228 g/mol. The molecule has 0 aromatic heterocycles. The molecule has 0 bridgehead atoms. The third-order valence-electron chi connectivity index (χ3n) is 3.07. The van der Waals surface area contributed by atoms with Gasteiger partial charge in [0, 0.05) is 0 Å². The van der Waals surface area contributed by atoms with Crippen molar-refractivity contribution in [2.24, 2.45) is 0 Å². The molecule has 1 aromatic carbocycles. The summed E-state index contributed by atoms with van der Waals surface area (Å²) in [6.07, 6.45) is 4.68. The van der Waals surface area contributed by atoms with Gasteiger partial charge in [0.05, 0.1) is 17.4 Å². The summed E-state index contributed by atoms with van der Waals surface area (Å²) in [7, 11) is 0. The summed E-state index contributed by atoms with van der Waals surface area (Å²) in [6.45, 7) is 0.0599. The SMILES string of the molecule is N#Cc1ccccc1NC(=O)COC1CCCC1. The van der Waals surface area contributed by atoms with Crippen LogP contribution in [0.5, 0.6) is 0 Å². The van der Waals surface area contributed by atoms with E-state index in [-0.39, 0.29) is 18.6 Å². The Kier molecular flexibility index (Phi) is 4.32. The standard InChI is InChI=1S/C14H16N2O2/c15-9-11-5-1-4-8-13(11)16-14(17)10-18-12-6-2-3-7-12/h1,4-5,8,12H,2-3,6-7,10H2,(H,16,17). The van der Waals surface area contributed by atoms with Gasteiger partial charge in [-0.25, -0.2) is 0 Å². The van der Waals surface area contributed by atoms with Gasteiger partial charge in [0.15, 0.2) is 0 Å². The van der Waals surface area contributed by atoms with E-state index >= 15 is 0 Å². The lowest BCUT2D eigenvalue weighted by Gasteiger charge is -2.11. The molecule has 0 saturated heterocycles. The minimum atomic E-state index is -0.204. The first-order valence-corrected chi connectivity index (χ1v) is 6.20. The van der Waals surface area contributed by atoms with E-state index in [0.29, 0.717) is 11.3 Å². The van der Waals surface area contributed by atoms with Crippen LogP contribution in [0.3, 0.4) is 0 Å². The lowest BCUT2D eigenvalue weighted by atomic mass is 10.2. The van der Waals surface area contributed by atoms with E-state index < -0.39 is 0 Å². The highest BCUT2D eigenvalue weighted by Gasteiger charge is 2.16. The molecule has 1 fully saturated rings. The van der Waals surface area contributed by atoms with Crippen LogP contribution in [0.2, 0.25) is 0 Å². The summed E-state index contributed by atoms with van der Waals surface area (Å²) in [4.78, 5) is 11.7. The summed E-state index contributed by atoms with van der Waals surface area (Å²) < 4.78 is 5.52. The van der Waals surface area contributed by atoms with Gasteiger partial charge in [-0.05, 0) is 25.0 Å². The molecule has 94 valence electrons. The first-order valence-electron chi connectivity index (χ1n) is 6.20. The lowest BCUT2D eigenvalue weighted by Crippen LogP contribution is -2.22. The molecule has 0 heterocycles. The quantitative estimate of drug-likeness (QED) is 0.884. The Balaban J connectivity index is 1.85. The van der Waals surface area contributed by atoms with E-state index in [9.17, 15) is 4.79 Å². The number of nitriles is 1. The summed E-state index contributed by atoms with van der Waals surface area (Å²) in [5.41, 5.74) is 1.01. The first kappa shape index (κ1) is 12.6. The number of carbonyl (C=O) groups is 1. The minimum Gasteiger partial charge on any atom is -0.368 e. The van der Waals surface area contributed by atoms with Gasteiger partial charge in [0.25, 0.3) is 0 Å². The number of amides is 1. The molecule has 1 aliphatic carbocycles. The molecule has 1 aromatic rings. The normalized spacial score (nSPS) is 15.3. The highest BCUT2D eigenvalue weighted by atomic mass is 16.5. The second-order valence-electron chi connectivity index (χ2n) is 4.42. The monoisotopic (exact) mass is 244 g/mol. The second-order valence-corrected chi connectivity index (χ2v) is 4.42. The van der Waals surface area contributed by atoms with Crippen LogP contribution < -0.4 is 5.32 Å². The number of hydrogen-bond acceptors (Lipinski definition) is 3. The zero-order valence-corrected chi connectivity index (χ0v) is 10.2. The Morgan fingerprint density at radius 3 is 2.83 bits per heavy atom. The van der Waals surface area contributed by atoms with Crippen molar-refractivity contribution in [3.63, 3.8) is 0 Å². The molecule has 1 N–H and O–H groups in total. The van der Waals surface area contributed by atoms with Gasteiger partial charge in [-0.1, -0.05) is 25.0 Å². The van der Waals surface area contributed by atoms with Crippen molar-refractivity contribution in [2.45, 2.75) is 31.8 Å². The molecule has 0 unspecified atom stereocenters. The van der Waals surface area contributed by atoms with Gasteiger partial charge in [-0.15, -0.1) is 0 Å². The van der Waals surface area contributed by atoms with Gasteiger partial charge in [-0.3, -0.25) is 4.79 Å². The maximum Gasteiger partial charge on any atom is 0.250 e. The van der Waals surface area contributed by atoms with E-state index in [2.05, 4.69) is 5.32 Å². The molecular formula is C14H16N2O2. The topological polar surface area (TPSA) is 62.1 Å². The van der Waals surface area contributed by atoms with Gasteiger partial charge in [-0.2, -0.15) is 5.26 Å². The summed E-state index contributed by atoms with van der Waals surface area (Å²) in [5, 5.41) is 11.6. The lowest BCUT2D eigenvalue weighted by molar-refractivity contribution is -0.122. The maximum atomic E-state index is 11.7. The predicted octanol–water partition coefficient (Wildman–Crippen LogP) is 2.46. The third-order valence-corrected chi connectivity index (χ3v) is 3.07. The van der Waals surface area contributed by atoms with Gasteiger partial charge >= 0.3 is 0 Å². The van der Waals surface area contributed by atoms with E-state index in [1.165, 1.54) is 12.8 Å². The fourth-order valence-electron chi connectivity index (χ4n) is 2.12. The number of nitrogens with one attached hydrogen (secondary N) is 1. The van der Waals surface area contributed by atoms with Crippen LogP contribution >= 0.6 is 0 Å². The minimum absolute atomic E-state index is 0.0599. The number of para-hydroxylation sites is 1. The molecule has 18 heavy (non-hydrogen) atoms. The number of rotatable bonds is 4. The fraction of sp³-hybridized carbons (Fsp3) is 0.429. The van der Waals surface area contributed by atoms with E-state index in [4.69, 9.17) is 10.00 Å². The number of nitrogens with zero attached hydrogens (tertiary/aromatic N) is 1. The highest BCUT2D eigenvalue weighted by Crippen LogP contribution is 2.21. The number of benzene rings is 1. The van der Waals surface area contributed by atoms with Crippen LogP contribution in [0.1, 0.15) is 31.2 Å². The van der Waals surface area contributed by atoms with Crippen LogP contribution in [0.25, 0.3) is 0 Å². The number of hydrogen-bond donors (Lipinski definition) is 1. The first-order chi connectivity index (χ1) is 8.79. The van der Waals surface area contributed by atoms with Crippen molar-refractivity contribution in [2.75, 3.05) is 11.9 Å². The van der Waals surface area contributed by atoms with Crippen LogP contribution in [0.15, 0.2) is 24.3 Å². The van der Waals surface area contributed by atoms with Gasteiger partial charge in [0.1, 0.15) is 12.7 Å². The maximum absolute atomic E-state index is 11.7. The summed E-state index contributed by atoms with van der Waals surface area (Å²) in [6, 6.07) is 8.98. The number of anilines is 1. The predicted molar refractivity (Wildman–Crippen MR) is 68.0 cm³/mol. The Bertz CT molecular complexity index is 459. The van der Waals surface area contributed by atoms with Crippen LogP contribution in [-0.2, 0) is 9.53 Å². The molecule has 0 aliphatic heterocycles. The molecule has 4 nitrogen and oxygen atoms in total. The number of ether oxygens (including phenoxy) is 1. The van der Waals surface area contributed by atoms with Crippen molar-refractivity contribution in [3.05, 3.63) is 29.8 Å². The molecule has 4 heteroatoms. The summed E-state index contributed by atoms with van der Waals surface area (Å²) >= 11 is 0. The molecule has 2 rings (SSSR count). The van der Waals surface area contributed by atoms with Crippen LogP contribution in [-0.4, -0.2) is 18.6 Å². The number of carbonyl (C=O) groups excluding carboxylic acids is 1. The fourth-order valence-corrected chi connectivity index (χ4v) is 2.12. The molecule has 1 saturated carbocycles. The van der Waals surface area contributed by atoms with Crippen molar-refractivity contribution in [1.82, 2.24) is 0 Å². The second kappa shape index (κ2) is 6.18. The van der Waals surface area contributed by atoms with Crippen molar-refractivity contribution in [1.29, 1.82) is 5.26 Å². The average Bonchev–Trinajstić information content (AvgIpc) is 2.90. The van der Waals surface area contributed by atoms with Crippen molar-refractivity contribution >= 4 is 11.6 Å².